The third-order valence-corrected chi connectivity index (χ3v) is 4.82. The van der Waals surface area contributed by atoms with Crippen molar-refractivity contribution in [2.75, 3.05) is 19.6 Å². The Bertz CT molecular complexity index is 789. The lowest BCUT2D eigenvalue weighted by molar-refractivity contribution is -0.134. The van der Waals surface area contributed by atoms with Crippen LogP contribution in [0.2, 0.25) is 0 Å². The van der Waals surface area contributed by atoms with Gasteiger partial charge in [0.15, 0.2) is 0 Å². The van der Waals surface area contributed by atoms with Gasteiger partial charge >= 0.3 is 0 Å². The number of furan rings is 1. The minimum atomic E-state index is -0.00842. The van der Waals surface area contributed by atoms with E-state index in [0.717, 1.165) is 17.5 Å². The Morgan fingerprint density at radius 3 is 2.88 bits per heavy atom. The lowest BCUT2D eigenvalue weighted by Crippen LogP contribution is -2.55. The average molecular weight is 343 g/mol. The Labute approximate surface area is 147 Å². The highest BCUT2D eigenvalue weighted by atomic mass is 16.3. The number of nitrogens with zero attached hydrogens (tertiary/aromatic N) is 3. The average Bonchev–Trinajstić information content (AvgIpc) is 3.20. The molecule has 2 aromatic rings. The molecule has 1 aliphatic heterocycles. The highest BCUT2D eigenvalue weighted by Gasteiger charge is 2.31. The molecule has 0 bridgehead atoms. The van der Waals surface area contributed by atoms with Gasteiger partial charge in [-0.15, -0.1) is 6.58 Å². The van der Waals surface area contributed by atoms with Crippen LogP contribution in [0, 0.1) is 0 Å². The van der Waals surface area contributed by atoms with Crippen molar-refractivity contribution in [2.24, 2.45) is 0 Å². The standard InChI is InChI=1S/C19H25N3O3/c1-4-6-8-22-16(12-15-7-11-25-19(15)22)18(24)20-9-10-21(14(3)13-20)17(23)5-2/h4,7,11-12,14H,1,5-6,8-10,13H2,2-3H3. The van der Waals surface area contributed by atoms with Crippen LogP contribution in [0.3, 0.4) is 0 Å². The van der Waals surface area contributed by atoms with Gasteiger partial charge in [0.1, 0.15) is 5.69 Å². The molecule has 0 N–H and O–H groups in total. The summed E-state index contributed by atoms with van der Waals surface area (Å²) in [6.45, 7) is 9.98. The molecule has 3 rings (SSSR count). The number of piperazine rings is 1. The van der Waals surface area contributed by atoms with Crippen molar-refractivity contribution in [3.05, 3.63) is 36.7 Å². The zero-order valence-corrected chi connectivity index (χ0v) is 14.9. The number of rotatable bonds is 5. The molecule has 0 radical (unpaired) electrons. The Hall–Kier alpha value is -2.50. The molecular formula is C19H25N3O3. The summed E-state index contributed by atoms with van der Waals surface area (Å²) in [7, 11) is 0. The first kappa shape index (κ1) is 17.3. The van der Waals surface area contributed by atoms with Gasteiger partial charge in [-0.2, -0.15) is 0 Å². The first-order chi connectivity index (χ1) is 12.1. The SMILES string of the molecule is C=CCCn1c(C(=O)N2CCN(C(=O)CC)C(C)C2)cc2ccoc21. The number of hydrogen-bond donors (Lipinski definition) is 0. The highest BCUT2D eigenvalue weighted by molar-refractivity contribution is 5.98. The van der Waals surface area contributed by atoms with Gasteiger partial charge in [0.25, 0.3) is 5.91 Å². The van der Waals surface area contributed by atoms with Crippen molar-refractivity contribution in [1.82, 2.24) is 14.4 Å². The van der Waals surface area contributed by atoms with Crippen LogP contribution in [0.25, 0.3) is 11.1 Å². The van der Waals surface area contributed by atoms with Crippen LogP contribution in [-0.4, -0.2) is 51.9 Å². The quantitative estimate of drug-likeness (QED) is 0.785. The van der Waals surface area contributed by atoms with Gasteiger partial charge in [0.2, 0.25) is 11.6 Å². The normalized spacial score (nSPS) is 17.9. The fourth-order valence-electron chi connectivity index (χ4n) is 3.47. The Balaban J connectivity index is 1.81. The van der Waals surface area contributed by atoms with Gasteiger partial charge in [0.05, 0.1) is 6.26 Å². The van der Waals surface area contributed by atoms with Crippen molar-refractivity contribution < 1.29 is 14.0 Å². The van der Waals surface area contributed by atoms with E-state index in [1.807, 2.05) is 46.4 Å². The fraction of sp³-hybridized carbons (Fsp3) is 0.474. The topological polar surface area (TPSA) is 58.7 Å². The molecule has 6 heteroatoms. The second-order valence-corrected chi connectivity index (χ2v) is 6.48. The molecule has 0 spiro atoms. The van der Waals surface area contributed by atoms with Crippen molar-refractivity contribution in [3.8, 4) is 0 Å². The number of hydrogen-bond acceptors (Lipinski definition) is 3. The largest absolute Gasteiger partial charge is 0.448 e. The maximum absolute atomic E-state index is 13.1. The molecule has 1 fully saturated rings. The number of allylic oxidation sites excluding steroid dienone is 1. The maximum Gasteiger partial charge on any atom is 0.270 e. The van der Waals surface area contributed by atoms with Crippen LogP contribution < -0.4 is 0 Å². The molecule has 0 aromatic carbocycles. The Morgan fingerprint density at radius 2 is 2.20 bits per heavy atom. The molecule has 2 amide bonds. The molecule has 1 saturated heterocycles. The third kappa shape index (κ3) is 3.21. The smallest absolute Gasteiger partial charge is 0.270 e. The van der Waals surface area contributed by atoms with Gasteiger partial charge in [-0.05, 0) is 25.5 Å². The van der Waals surface area contributed by atoms with Gasteiger partial charge in [-0.1, -0.05) is 13.0 Å². The molecule has 134 valence electrons. The van der Waals surface area contributed by atoms with Crippen molar-refractivity contribution in [1.29, 1.82) is 0 Å². The van der Waals surface area contributed by atoms with E-state index < -0.39 is 0 Å². The van der Waals surface area contributed by atoms with E-state index in [9.17, 15) is 9.59 Å². The number of aromatic nitrogens is 1. The summed E-state index contributed by atoms with van der Waals surface area (Å²) in [6, 6.07) is 3.79. The summed E-state index contributed by atoms with van der Waals surface area (Å²) in [5.74, 6) is 0.136. The summed E-state index contributed by atoms with van der Waals surface area (Å²) in [5.41, 5.74) is 1.36. The summed E-state index contributed by atoms with van der Waals surface area (Å²) in [5, 5.41) is 0.931. The number of carbonyl (C=O) groups excluding carboxylic acids is 2. The number of carbonyl (C=O) groups is 2. The summed E-state index contributed by atoms with van der Waals surface area (Å²) >= 11 is 0. The molecule has 1 aliphatic rings. The van der Waals surface area contributed by atoms with Crippen molar-refractivity contribution >= 4 is 22.9 Å². The van der Waals surface area contributed by atoms with E-state index in [1.54, 1.807) is 6.26 Å². The molecule has 1 unspecified atom stereocenters. The Kier molecular flexibility index (Phi) is 4.97. The van der Waals surface area contributed by atoms with E-state index >= 15 is 0 Å². The third-order valence-electron chi connectivity index (χ3n) is 4.82. The van der Waals surface area contributed by atoms with E-state index in [4.69, 9.17) is 4.42 Å². The minimum absolute atomic E-state index is 0.00842. The first-order valence-corrected chi connectivity index (χ1v) is 8.83. The lowest BCUT2D eigenvalue weighted by atomic mass is 10.1. The minimum Gasteiger partial charge on any atom is -0.448 e. The molecule has 25 heavy (non-hydrogen) atoms. The second kappa shape index (κ2) is 7.17. The maximum atomic E-state index is 13.1. The molecule has 6 nitrogen and oxygen atoms in total. The van der Waals surface area contributed by atoms with E-state index in [2.05, 4.69) is 6.58 Å². The van der Waals surface area contributed by atoms with Gasteiger partial charge in [0, 0.05) is 44.0 Å². The molecule has 0 aliphatic carbocycles. The summed E-state index contributed by atoms with van der Waals surface area (Å²) in [4.78, 5) is 28.8. The van der Waals surface area contributed by atoms with Crippen LogP contribution in [-0.2, 0) is 11.3 Å². The van der Waals surface area contributed by atoms with Crippen molar-refractivity contribution in [2.45, 2.75) is 39.3 Å². The van der Waals surface area contributed by atoms with Gasteiger partial charge < -0.3 is 18.8 Å². The van der Waals surface area contributed by atoms with Crippen LogP contribution in [0.4, 0.5) is 0 Å². The van der Waals surface area contributed by atoms with E-state index in [-0.39, 0.29) is 17.9 Å². The molecule has 0 saturated carbocycles. The van der Waals surface area contributed by atoms with Crippen LogP contribution in [0.1, 0.15) is 37.2 Å². The zero-order chi connectivity index (χ0) is 18.0. The predicted octanol–water partition coefficient (Wildman–Crippen LogP) is 2.89. The van der Waals surface area contributed by atoms with E-state index in [1.165, 1.54) is 0 Å². The number of fused-ring (bicyclic) bond motifs is 1. The monoisotopic (exact) mass is 343 g/mol. The number of aryl methyl sites for hydroxylation is 1. The second-order valence-electron chi connectivity index (χ2n) is 6.48. The fourth-order valence-corrected chi connectivity index (χ4v) is 3.47. The molecular weight excluding hydrogens is 318 g/mol. The van der Waals surface area contributed by atoms with Crippen LogP contribution >= 0.6 is 0 Å². The molecule has 3 heterocycles. The van der Waals surface area contributed by atoms with Gasteiger partial charge in [-0.25, -0.2) is 0 Å². The lowest BCUT2D eigenvalue weighted by Gasteiger charge is -2.39. The predicted molar refractivity (Wildman–Crippen MR) is 96.4 cm³/mol. The van der Waals surface area contributed by atoms with Crippen LogP contribution in [0.5, 0.6) is 0 Å². The highest BCUT2D eigenvalue weighted by Crippen LogP contribution is 2.24. The van der Waals surface area contributed by atoms with Gasteiger partial charge in [-0.3, -0.25) is 9.59 Å². The Morgan fingerprint density at radius 1 is 1.40 bits per heavy atom. The van der Waals surface area contributed by atoms with Crippen LogP contribution in [0.15, 0.2) is 35.5 Å². The van der Waals surface area contributed by atoms with E-state index in [0.29, 0.717) is 38.3 Å². The summed E-state index contributed by atoms with van der Waals surface area (Å²) in [6.07, 6.45) is 4.74. The first-order valence-electron chi connectivity index (χ1n) is 8.83. The zero-order valence-electron chi connectivity index (χ0n) is 14.9. The summed E-state index contributed by atoms with van der Waals surface area (Å²) < 4.78 is 7.48. The number of amides is 2. The molecule has 2 aromatic heterocycles. The molecule has 1 atom stereocenters. The van der Waals surface area contributed by atoms with Crippen molar-refractivity contribution in [3.63, 3.8) is 0 Å².